The summed E-state index contributed by atoms with van der Waals surface area (Å²) in [4.78, 5) is 17.8. The van der Waals surface area contributed by atoms with Gasteiger partial charge in [-0.05, 0) is 19.1 Å². The second-order valence-corrected chi connectivity index (χ2v) is 2.78. The summed E-state index contributed by atoms with van der Waals surface area (Å²) in [6.07, 6.45) is 1.44. The molecule has 1 aromatic heterocycles. The average molecular weight is 178 g/mol. The van der Waals surface area contributed by atoms with E-state index in [-0.39, 0.29) is 11.3 Å². The van der Waals surface area contributed by atoms with Crippen LogP contribution in [0.15, 0.2) is 18.5 Å². The Balaban J connectivity index is 2.88. The van der Waals surface area contributed by atoms with Gasteiger partial charge in [0.2, 0.25) is 0 Å². The van der Waals surface area contributed by atoms with Crippen LogP contribution in [-0.2, 0) is 0 Å². The molecular formula is C9H7FN2O. The molecule has 4 heteroatoms. The molecule has 1 aromatic carbocycles. The van der Waals surface area contributed by atoms with Crippen molar-refractivity contribution in [3.05, 3.63) is 29.8 Å². The molecule has 0 unspecified atom stereocenters. The van der Waals surface area contributed by atoms with Crippen molar-refractivity contribution in [1.29, 1.82) is 0 Å². The third-order valence-electron chi connectivity index (χ3n) is 1.89. The van der Waals surface area contributed by atoms with Crippen LogP contribution in [0, 0.1) is 5.82 Å². The Morgan fingerprint density at radius 3 is 3.00 bits per heavy atom. The first-order chi connectivity index (χ1) is 6.20. The van der Waals surface area contributed by atoms with E-state index in [2.05, 4.69) is 9.97 Å². The molecule has 0 saturated heterocycles. The summed E-state index contributed by atoms with van der Waals surface area (Å²) >= 11 is 0. The summed E-state index contributed by atoms with van der Waals surface area (Å²) in [6.45, 7) is 1.33. The van der Waals surface area contributed by atoms with E-state index in [0.29, 0.717) is 11.0 Å². The Morgan fingerprint density at radius 1 is 1.54 bits per heavy atom. The largest absolute Gasteiger partial charge is 0.345 e. The summed E-state index contributed by atoms with van der Waals surface area (Å²) in [5.74, 6) is -0.831. The normalized spacial score (nSPS) is 10.6. The van der Waals surface area contributed by atoms with Crippen LogP contribution in [0.25, 0.3) is 11.0 Å². The van der Waals surface area contributed by atoms with E-state index in [9.17, 15) is 9.18 Å². The number of imidazole rings is 1. The van der Waals surface area contributed by atoms with E-state index in [1.54, 1.807) is 6.07 Å². The lowest BCUT2D eigenvalue weighted by Gasteiger charge is -1.98. The fourth-order valence-corrected chi connectivity index (χ4v) is 1.32. The maximum absolute atomic E-state index is 13.2. The highest BCUT2D eigenvalue weighted by molar-refractivity contribution is 6.04. The Bertz CT molecular complexity index is 475. The molecule has 0 bridgehead atoms. The summed E-state index contributed by atoms with van der Waals surface area (Å²) in [7, 11) is 0. The van der Waals surface area contributed by atoms with Gasteiger partial charge in [-0.25, -0.2) is 9.37 Å². The first kappa shape index (κ1) is 7.91. The van der Waals surface area contributed by atoms with Crippen LogP contribution in [0.4, 0.5) is 4.39 Å². The minimum atomic E-state index is -0.521. The predicted molar refractivity (Wildman–Crippen MR) is 46.1 cm³/mol. The van der Waals surface area contributed by atoms with Gasteiger partial charge in [0.25, 0.3) is 0 Å². The number of benzene rings is 1. The number of nitrogens with zero attached hydrogens (tertiary/aromatic N) is 1. The SMILES string of the molecule is CC(=O)c1c(F)ccc2[nH]cnc12. The Hall–Kier alpha value is -1.71. The monoisotopic (exact) mass is 178 g/mol. The van der Waals surface area contributed by atoms with Gasteiger partial charge in [-0.2, -0.15) is 0 Å². The molecule has 0 aliphatic heterocycles. The van der Waals surface area contributed by atoms with Crippen molar-refractivity contribution >= 4 is 16.8 Å². The van der Waals surface area contributed by atoms with Gasteiger partial charge >= 0.3 is 0 Å². The molecule has 3 nitrogen and oxygen atoms in total. The standard InChI is InChI=1S/C9H7FN2O/c1-5(13)8-6(10)2-3-7-9(8)12-4-11-7/h2-4H,1H3,(H,11,12). The van der Waals surface area contributed by atoms with Crippen molar-refractivity contribution in [3.8, 4) is 0 Å². The number of carbonyl (C=O) groups is 1. The van der Waals surface area contributed by atoms with Crippen molar-refractivity contribution in [2.45, 2.75) is 6.92 Å². The quantitative estimate of drug-likeness (QED) is 0.678. The maximum Gasteiger partial charge on any atom is 0.165 e. The predicted octanol–water partition coefficient (Wildman–Crippen LogP) is 1.90. The number of hydrogen-bond donors (Lipinski definition) is 1. The van der Waals surface area contributed by atoms with Crippen molar-refractivity contribution in [2.24, 2.45) is 0 Å². The zero-order valence-corrected chi connectivity index (χ0v) is 6.97. The van der Waals surface area contributed by atoms with Gasteiger partial charge in [-0.1, -0.05) is 0 Å². The summed E-state index contributed by atoms with van der Waals surface area (Å²) < 4.78 is 13.2. The van der Waals surface area contributed by atoms with Gasteiger partial charge in [0.15, 0.2) is 5.78 Å². The topological polar surface area (TPSA) is 45.8 Å². The second kappa shape index (κ2) is 2.65. The number of halogens is 1. The Morgan fingerprint density at radius 2 is 2.31 bits per heavy atom. The van der Waals surface area contributed by atoms with Crippen molar-refractivity contribution in [3.63, 3.8) is 0 Å². The van der Waals surface area contributed by atoms with Crippen LogP contribution >= 0.6 is 0 Å². The summed E-state index contributed by atoms with van der Waals surface area (Å²) in [5.41, 5.74) is 1.12. The van der Waals surface area contributed by atoms with Gasteiger partial charge in [-0.3, -0.25) is 4.79 Å². The van der Waals surface area contributed by atoms with Gasteiger partial charge in [0.1, 0.15) is 11.3 Å². The van der Waals surface area contributed by atoms with E-state index in [4.69, 9.17) is 0 Å². The molecule has 2 aromatic rings. The highest BCUT2D eigenvalue weighted by Crippen LogP contribution is 2.18. The molecule has 0 amide bonds. The van der Waals surface area contributed by atoms with E-state index in [0.717, 1.165) is 0 Å². The zero-order valence-electron chi connectivity index (χ0n) is 6.97. The highest BCUT2D eigenvalue weighted by atomic mass is 19.1. The van der Waals surface area contributed by atoms with Crippen LogP contribution < -0.4 is 0 Å². The highest BCUT2D eigenvalue weighted by Gasteiger charge is 2.13. The molecule has 1 N–H and O–H groups in total. The smallest absolute Gasteiger partial charge is 0.165 e. The van der Waals surface area contributed by atoms with Gasteiger partial charge in [0.05, 0.1) is 17.4 Å². The molecule has 0 aliphatic rings. The Labute approximate surface area is 73.6 Å². The summed E-state index contributed by atoms with van der Waals surface area (Å²) in [6, 6.07) is 2.82. The number of rotatable bonds is 1. The van der Waals surface area contributed by atoms with E-state index >= 15 is 0 Å². The molecule has 66 valence electrons. The Kier molecular flexibility index (Phi) is 1.62. The summed E-state index contributed by atoms with van der Waals surface area (Å²) in [5, 5.41) is 0. The molecule has 13 heavy (non-hydrogen) atoms. The molecule has 0 fully saturated rings. The average Bonchev–Trinajstić information content (AvgIpc) is 2.50. The number of Topliss-reactive ketones (excluding diaryl/α,β-unsaturated/α-hetero) is 1. The second-order valence-electron chi connectivity index (χ2n) is 2.78. The minimum absolute atomic E-state index is 0.0544. The number of aromatic nitrogens is 2. The lowest BCUT2D eigenvalue weighted by Crippen LogP contribution is -1.98. The van der Waals surface area contributed by atoms with Crippen molar-refractivity contribution in [2.75, 3.05) is 0 Å². The van der Waals surface area contributed by atoms with Crippen LogP contribution in [-0.4, -0.2) is 15.8 Å². The van der Waals surface area contributed by atoms with Crippen LogP contribution in [0.1, 0.15) is 17.3 Å². The van der Waals surface area contributed by atoms with Crippen LogP contribution in [0.5, 0.6) is 0 Å². The van der Waals surface area contributed by atoms with E-state index < -0.39 is 5.82 Å². The van der Waals surface area contributed by atoms with Gasteiger partial charge < -0.3 is 4.98 Å². The van der Waals surface area contributed by atoms with Crippen molar-refractivity contribution in [1.82, 2.24) is 9.97 Å². The van der Waals surface area contributed by atoms with Crippen LogP contribution in [0.2, 0.25) is 0 Å². The third kappa shape index (κ3) is 1.11. The zero-order chi connectivity index (χ0) is 9.42. The number of H-pyrrole nitrogens is 1. The fraction of sp³-hybridized carbons (Fsp3) is 0.111. The molecule has 0 spiro atoms. The van der Waals surface area contributed by atoms with Gasteiger partial charge in [-0.15, -0.1) is 0 Å². The molecular weight excluding hydrogens is 171 g/mol. The lowest BCUT2D eigenvalue weighted by atomic mass is 10.1. The molecule has 0 atom stereocenters. The number of nitrogens with one attached hydrogen (secondary N) is 1. The first-order valence-corrected chi connectivity index (χ1v) is 3.82. The van der Waals surface area contributed by atoms with Gasteiger partial charge in [0, 0.05) is 0 Å². The number of carbonyl (C=O) groups excluding carboxylic acids is 1. The molecule has 0 saturated carbocycles. The maximum atomic E-state index is 13.2. The minimum Gasteiger partial charge on any atom is -0.345 e. The molecule has 0 aliphatic carbocycles. The molecule has 1 heterocycles. The van der Waals surface area contributed by atoms with E-state index in [1.165, 1.54) is 19.3 Å². The van der Waals surface area contributed by atoms with E-state index in [1.807, 2.05) is 0 Å². The third-order valence-corrected chi connectivity index (χ3v) is 1.89. The fourth-order valence-electron chi connectivity index (χ4n) is 1.32. The number of hydrogen-bond acceptors (Lipinski definition) is 2. The number of aromatic amines is 1. The number of ketones is 1. The lowest BCUT2D eigenvalue weighted by molar-refractivity contribution is 0.101. The van der Waals surface area contributed by atoms with Crippen LogP contribution in [0.3, 0.4) is 0 Å². The first-order valence-electron chi connectivity index (χ1n) is 3.82. The molecule has 0 radical (unpaired) electrons. The number of fused-ring (bicyclic) bond motifs is 1. The molecule has 2 rings (SSSR count). The van der Waals surface area contributed by atoms with Crippen molar-refractivity contribution < 1.29 is 9.18 Å².